The van der Waals surface area contributed by atoms with Crippen LogP contribution in [0.3, 0.4) is 0 Å². The van der Waals surface area contributed by atoms with Gasteiger partial charge in [-0.3, -0.25) is 19.3 Å². The Hall–Kier alpha value is -2.74. The maximum atomic E-state index is 13.1. The summed E-state index contributed by atoms with van der Waals surface area (Å²) in [6, 6.07) is 7.12. The second kappa shape index (κ2) is 8.07. The van der Waals surface area contributed by atoms with E-state index in [1.165, 1.54) is 4.90 Å². The normalized spacial score (nSPS) is 23.2. The largest absolute Gasteiger partial charge is 0.419 e. The van der Waals surface area contributed by atoms with Crippen molar-refractivity contribution in [1.82, 2.24) is 20.0 Å². The fraction of sp³-hybridized carbons (Fsp3) is 0.500. The first-order valence-corrected chi connectivity index (χ1v) is 11.1. The highest BCUT2D eigenvalue weighted by atomic mass is 35.5. The van der Waals surface area contributed by atoms with E-state index in [2.05, 4.69) is 10.2 Å². The van der Waals surface area contributed by atoms with E-state index < -0.39 is 0 Å². The maximum absolute atomic E-state index is 13.1. The minimum Gasteiger partial charge on any atom is -0.419 e. The van der Waals surface area contributed by atoms with Crippen molar-refractivity contribution in [3.8, 4) is 11.5 Å². The van der Waals surface area contributed by atoms with Crippen LogP contribution in [0.25, 0.3) is 11.5 Å². The van der Waals surface area contributed by atoms with Gasteiger partial charge in [0.2, 0.25) is 29.5 Å². The lowest BCUT2D eigenvalue weighted by atomic mass is 9.81. The third-order valence-electron chi connectivity index (χ3n) is 6.40. The van der Waals surface area contributed by atoms with Crippen LogP contribution in [0.15, 0.2) is 28.7 Å². The zero-order valence-electron chi connectivity index (χ0n) is 17.0. The van der Waals surface area contributed by atoms with Gasteiger partial charge in [0.15, 0.2) is 0 Å². The van der Waals surface area contributed by atoms with E-state index >= 15 is 0 Å². The zero-order chi connectivity index (χ0) is 21.5. The molecule has 2 atom stereocenters. The van der Waals surface area contributed by atoms with Crippen LogP contribution < -0.4 is 0 Å². The van der Waals surface area contributed by atoms with Gasteiger partial charge in [0.25, 0.3) is 0 Å². The monoisotopic (exact) mass is 442 g/mol. The smallest absolute Gasteiger partial charge is 0.247 e. The number of likely N-dealkylation sites (tertiary alicyclic amines) is 1. The summed E-state index contributed by atoms with van der Waals surface area (Å²) in [5, 5.41) is 8.76. The fourth-order valence-electron chi connectivity index (χ4n) is 4.59. The number of halogens is 1. The van der Waals surface area contributed by atoms with Crippen molar-refractivity contribution in [3.05, 3.63) is 35.2 Å². The molecule has 1 aliphatic heterocycles. The number of hydrogen-bond donors (Lipinski definition) is 0. The molecule has 2 unspecified atom stereocenters. The predicted octanol–water partition coefficient (Wildman–Crippen LogP) is 3.06. The Bertz CT molecular complexity index is 993. The minimum atomic E-state index is -0.255. The van der Waals surface area contributed by atoms with E-state index in [4.69, 9.17) is 16.0 Å². The van der Waals surface area contributed by atoms with Crippen molar-refractivity contribution >= 4 is 29.3 Å². The highest BCUT2D eigenvalue weighted by Crippen LogP contribution is 2.38. The van der Waals surface area contributed by atoms with Gasteiger partial charge in [-0.25, -0.2) is 0 Å². The molecule has 0 N–H and O–H groups in total. The van der Waals surface area contributed by atoms with E-state index in [1.54, 1.807) is 29.2 Å². The molecule has 31 heavy (non-hydrogen) atoms. The van der Waals surface area contributed by atoms with E-state index in [-0.39, 0.29) is 48.7 Å². The third kappa shape index (κ3) is 3.96. The molecule has 5 rings (SSSR count). The van der Waals surface area contributed by atoms with Gasteiger partial charge in [-0.1, -0.05) is 24.4 Å². The van der Waals surface area contributed by atoms with Gasteiger partial charge >= 0.3 is 0 Å². The number of imide groups is 1. The number of carbonyl (C=O) groups excluding carboxylic acids is 3. The van der Waals surface area contributed by atoms with Gasteiger partial charge < -0.3 is 9.32 Å². The summed E-state index contributed by atoms with van der Waals surface area (Å²) in [4.78, 5) is 41.3. The molecule has 2 saturated carbocycles. The Kier molecular flexibility index (Phi) is 5.25. The van der Waals surface area contributed by atoms with E-state index in [0.717, 1.165) is 44.1 Å². The van der Waals surface area contributed by atoms with E-state index in [9.17, 15) is 14.4 Å². The molecule has 2 aliphatic carbocycles. The summed E-state index contributed by atoms with van der Waals surface area (Å²) in [5.41, 5.74) is 0.739. The molecule has 2 heterocycles. The van der Waals surface area contributed by atoms with Crippen molar-refractivity contribution in [2.24, 2.45) is 11.8 Å². The number of hydrogen-bond acceptors (Lipinski definition) is 6. The van der Waals surface area contributed by atoms with Gasteiger partial charge in [0.1, 0.15) is 6.54 Å². The van der Waals surface area contributed by atoms with E-state index in [0.29, 0.717) is 16.8 Å². The Labute approximate surface area is 184 Å². The summed E-state index contributed by atoms with van der Waals surface area (Å²) in [6.07, 6.45) is 5.17. The Balaban J connectivity index is 1.28. The second-order valence-electron chi connectivity index (χ2n) is 8.52. The van der Waals surface area contributed by atoms with Crippen molar-refractivity contribution < 1.29 is 18.8 Å². The Morgan fingerprint density at radius 1 is 1.03 bits per heavy atom. The van der Waals surface area contributed by atoms with Crippen LogP contribution in [0.1, 0.15) is 44.4 Å². The van der Waals surface area contributed by atoms with Gasteiger partial charge in [0, 0.05) is 16.6 Å². The van der Waals surface area contributed by atoms with Crippen LogP contribution in [0, 0.1) is 11.8 Å². The lowest BCUT2D eigenvalue weighted by molar-refractivity contribution is -0.147. The quantitative estimate of drug-likeness (QED) is 0.638. The Morgan fingerprint density at radius 2 is 1.68 bits per heavy atom. The summed E-state index contributed by atoms with van der Waals surface area (Å²) < 4.78 is 5.75. The number of fused-ring (bicyclic) bond motifs is 1. The van der Waals surface area contributed by atoms with Crippen LogP contribution in [0.4, 0.5) is 0 Å². The fourth-order valence-corrected chi connectivity index (χ4v) is 4.72. The predicted molar refractivity (Wildman–Crippen MR) is 110 cm³/mol. The van der Waals surface area contributed by atoms with Crippen LogP contribution in [-0.2, 0) is 20.9 Å². The Morgan fingerprint density at radius 3 is 2.29 bits per heavy atom. The third-order valence-corrected chi connectivity index (χ3v) is 6.65. The number of carbonyl (C=O) groups is 3. The van der Waals surface area contributed by atoms with Gasteiger partial charge in [-0.2, -0.15) is 0 Å². The summed E-state index contributed by atoms with van der Waals surface area (Å²) in [7, 11) is 0. The number of aromatic nitrogens is 2. The molecule has 1 saturated heterocycles. The number of benzene rings is 1. The van der Waals surface area contributed by atoms with E-state index in [1.807, 2.05) is 0 Å². The molecule has 1 aromatic carbocycles. The first-order valence-electron chi connectivity index (χ1n) is 10.7. The van der Waals surface area contributed by atoms with Crippen molar-refractivity contribution in [1.29, 1.82) is 0 Å². The second-order valence-corrected chi connectivity index (χ2v) is 8.96. The maximum Gasteiger partial charge on any atom is 0.247 e. The summed E-state index contributed by atoms with van der Waals surface area (Å²) in [5.74, 6) is -0.471. The summed E-state index contributed by atoms with van der Waals surface area (Å²) in [6.45, 7) is -0.0491. The molecular weight excluding hydrogens is 420 g/mol. The molecule has 1 aromatic heterocycles. The first-order chi connectivity index (χ1) is 15.0. The van der Waals surface area contributed by atoms with Gasteiger partial charge in [0.05, 0.1) is 18.4 Å². The average molecular weight is 443 g/mol. The van der Waals surface area contributed by atoms with Crippen LogP contribution in [0.5, 0.6) is 0 Å². The van der Waals surface area contributed by atoms with Gasteiger partial charge in [-0.15, -0.1) is 10.2 Å². The zero-order valence-corrected chi connectivity index (χ0v) is 17.8. The molecular formula is C22H23ClN4O4. The molecule has 8 nitrogen and oxygen atoms in total. The van der Waals surface area contributed by atoms with Crippen molar-refractivity contribution in [2.75, 3.05) is 6.54 Å². The number of rotatable bonds is 6. The molecule has 3 aliphatic rings. The number of amides is 3. The number of nitrogens with zero attached hydrogens (tertiary/aromatic N) is 4. The van der Waals surface area contributed by atoms with Crippen LogP contribution in [0.2, 0.25) is 5.02 Å². The molecule has 162 valence electrons. The lowest BCUT2D eigenvalue weighted by Gasteiger charge is -2.23. The SMILES string of the molecule is O=C1C2CCCCC2C(=O)N1CC(=O)N(Cc1nnc(-c2ccc(Cl)cc2)o1)C1CC1. The topological polar surface area (TPSA) is 96.6 Å². The molecule has 0 radical (unpaired) electrons. The highest BCUT2D eigenvalue weighted by molar-refractivity contribution is 6.30. The molecule has 9 heteroatoms. The summed E-state index contributed by atoms with van der Waals surface area (Å²) >= 11 is 5.92. The van der Waals surface area contributed by atoms with Crippen molar-refractivity contribution in [3.63, 3.8) is 0 Å². The molecule has 2 aromatic rings. The molecule has 3 fully saturated rings. The van der Waals surface area contributed by atoms with Gasteiger partial charge in [-0.05, 0) is 49.9 Å². The van der Waals surface area contributed by atoms with Crippen molar-refractivity contribution in [2.45, 2.75) is 51.1 Å². The first kappa shape index (κ1) is 20.2. The lowest BCUT2D eigenvalue weighted by Crippen LogP contribution is -2.43. The minimum absolute atomic E-state index is 0.0773. The van der Waals surface area contributed by atoms with Crippen LogP contribution >= 0.6 is 11.6 Å². The molecule has 0 bridgehead atoms. The standard InChI is InChI=1S/C22H23ClN4O4/c23-14-7-5-13(6-8-14)20-25-24-18(31-20)11-26(15-9-10-15)19(28)12-27-21(29)16-3-1-2-4-17(16)22(27)30/h5-8,15-17H,1-4,9-12H2. The van der Waals surface area contributed by atoms with Crippen LogP contribution in [-0.4, -0.2) is 50.3 Å². The highest BCUT2D eigenvalue weighted by Gasteiger charge is 2.49. The molecule has 3 amide bonds. The average Bonchev–Trinajstić information content (AvgIpc) is 3.47. The molecule has 0 spiro atoms.